The van der Waals surface area contributed by atoms with Crippen LogP contribution in [0.5, 0.6) is 0 Å². The van der Waals surface area contributed by atoms with Crippen molar-refractivity contribution in [2.45, 2.75) is 39.2 Å². The van der Waals surface area contributed by atoms with Gasteiger partial charge < -0.3 is 9.84 Å². The molecule has 1 atom stereocenters. The van der Waals surface area contributed by atoms with Crippen molar-refractivity contribution in [2.24, 2.45) is 5.92 Å². The molecule has 0 aliphatic carbocycles. The fraction of sp³-hybridized carbons (Fsp3) is 0.818. The molecular formula is C11H19NO4. The van der Waals surface area contributed by atoms with Gasteiger partial charge in [0.05, 0.1) is 6.61 Å². The Morgan fingerprint density at radius 2 is 2.19 bits per heavy atom. The van der Waals surface area contributed by atoms with Gasteiger partial charge in [-0.3, -0.25) is 4.90 Å². The summed E-state index contributed by atoms with van der Waals surface area (Å²) in [6.07, 6.45) is 1.56. The number of ether oxygens (including phenoxy) is 1. The van der Waals surface area contributed by atoms with Crippen molar-refractivity contribution in [1.82, 2.24) is 4.90 Å². The summed E-state index contributed by atoms with van der Waals surface area (Å²) in [5, 5.41) is 8.90. The Labute approximate surface area is 95.4 Å². The molecule has 1 saturated heterocycles. The lowest BCUT2D eigenvalue weighted by molar-refractivity contribution is -0.141. The zero-order valence-electron chi connectivity index (χ0n) is 9.81. The molecule has 16 heavy (non-hydrogen) atoms. The summed E-state index contributed by atoms with van der Waals surface area (Å²) in [6.45, 7) is 4.93. The van der Waals surface area contributed by atoms with Gasteiger partial charge in [0.25, 0.3) is 0 Å². The van der Waals surface area contributed by atoms with E-state index >= 15 is 0 Å². The number of hydrogen-bond donors (Lipinski definition) is 1. The second-order valence-corrected chi connectivity index (χ2v) is 4.49. The van der Waals surface area contributed by atoms with E-state index in [0.717, 1.165) is 12.8 Å². The monoisotopic (exact) mass is 229 g/mol. The summed E-state index contributed by atoms with van der Waals surface area (Å²) in [4.78, 5) is 23.7. The van der Waals surface area contributed by atoms with Crippen molar-refractivity contribution in [2.75, 3.05) is 13.2 Å². The second kappa shape index (κ2) is 5.72. The van der Waals surface area contributed by atoms with Crippen LogP contribution in [-0.2, 0) is 9.53 Å². The molecule has 0 bridgehead atoms. The SMILES string of the molecule is CC(C)CCOC(=O)N1CCCC1C(=O)O. The average molecular weight is 229 g/mol. The molecule has 92 valence electrons. The molecule has 1 unspecified atom stereocenters. The van der Waals surface area contributed by atoms with Crippen molar-refractivity contribution in [3.05, 3.63) is 0 Å². The summed E-state index contributed by atoms with van der Waals surface area (Å²) in [7, 11) is 0. The molecule has 0 aromatic carbocycles. The molecule has 0 aromatic heterocycles. The summed E-state index contributed by atoms with van der Waals surface area (Å²) in [5.41, 5.74) is 0. The first-order valence-electron chi connectivity index (χ1n) is 5.68. The Hall–Kier alpha value is -1.26. The third-order valence-electron chi connectivity index (χ3n) is 2.69. The number of carbonyl (C=O) groups is 2. The van der Waals surface area contributed by atoms with Crippen LogP contribution in [0, 0.1) is 5.92 Å². The number of rotatable bonds is 4. The first-order valence-corrected chi connectivity index (χ1v) is 5.68. The standard InChI is InChI=1S/C11H19NO4/c1-8(2)5-7-16-11(15)12-6-3-4-9(12)10(13)14/h8-9H,3-7H2,1-2H3,(H,13,14). The van der Waals surface area contributed by atoms with Gasteiger partial charge in [0, 0.05) is 6.54 Å². The topological polar surface area (TPSA) is 66.8 Å². The lowest BCUT2D eigenvalue weighted by Crippen LogP contribution is -2.40. The summed E-state index contributed by atoms with van der Waals surface area (Å²) >= 11 is 0. The van der Waals surface area contributed by atoms with E-state index in [2.05, 4.69) is 0 Å². The van der Waals surface area contributed by atoms with Crippen molar-refractivity contribution in [3.63, 3.8) is 0 Å². The number of likely N-dealkylation sites (tertiary alicyclic amines) is 1. The number of nitrogens with zero attached hydrogens (tertiary/aromatic N) is 1. The van der Waals surface area contributed by atoms with Crippen LogP contribution in [0.4, 0.5) is 4.79 Å². The number of carbonyl (C=O) groups excluding carboxylic acids is 1. The fourth-order valence-electron chi connectivity index (χ4n) is 1.71. The number of carboxylic acid groups (broad SMARTS) is 1. The Balaban J connectivity index is 2.38. The summed E-state index contributed by atoms with van der Waals surface area (Å²) in [6, 6.07) is -0.702. The highest BCUT2D eigenvalue weighted by molar-refractivity contribution is 5.80. The van der Waals surface area contributed by atoms with Crippen LogP contribution in [-0.4, -0.2) is 41.3 Å². The Morgan fingerprint density at radius 3 is 2.75 bits per heavy atom. The molecule has 1 aliphatic heterocycles. The van der Waals surface area contributed by atoms with Gasteiger partial charge in [-0.05, 0) is 25.2 Å². The third kappa shape index (κ3) is 3.40. The molecule has 0 saturated carbocycles. The highest BCUT2D eigenvalue weighted by Crippen LogP contribution is 2.18. The van der Waals surface area contributed by atoms with Gasteiger partial charge in [0.1, 0.15) is 6.04 Å². The minimum atomic E-state index is -0.946. The van der Waals surface area contributed by atoms with Crippen LogP contribution >= 0.6 is 0 Å². The molecule has 0 spiro atoms. The minimum Gasteiger partial charge on any atom is -0.480 e. The van der Waals surface area contributed by atoms with E-state index < -0.39 is 18.1 Å². The van der Waals surface area contributed by atoms with Crippen LogP contribution in [0.1, 0.15) is 33.1 Å². The van der Waals surface area contributed by atoms with Crippen molar-refractivity contribution in [3.8, 4) is 0 Å². The number of hydrogen-bond acceptors (Lipinski definition) is 3. The van der Waals surface area contributed by atoms with Gasteiger partial charge in [-0.1, -0.05) is 13.8 Å². The number of carboxylic acids is 1. The van der Waals surface area contributed by atoms with Gasteiger partial charge >= 0.3 is 12.1 Å². The van der Waals surface area contributed by atoms with E-state index in [9.17, 15) is 9.59 Å². The highest BCUT2D eigenvalue weighted by atomic mass is 16.6. The zero-order chi connectivity index (χ0) is 12.1. The van der Waals surface area contributed by atoms with Crippen molar-refractivity contribution < 1.29 is 19.4 Å². The van der Waals surface area contributed by atoms with Crippen molar-refractivity contribution in [1.29, 1.82) is 0 Å². The predicted octanol–water partition coefficient (Wildman–Crippen LogP) is 1.72. The quantitative estimate of drug-likeness (QED) is 0.797. The van der Waals surface area contributed by atoms with Crippen LogP contribution in [0.2, 0.25) is 0 Å². The second-order valence-electron chi connectivity index (χ2n) is 4.49. The minimum absolute atomic E-state index is 0.360. The predicted molar refractivity (Wildman–Crippen MR) is 58.2 cm³/mol. The van der Waals surface area contributed by atoms with Gasteiger partial charge in [0.15, 0.2) is 0 Å². The largest absolute Gasteiger partial charge is 0.480 e. The van der Waals surface area contributed by atoms with Gasteiger partial charge in [-0.25, -0.2) is 9.59 Å². The van der Waals surface area contributed by atoms with E-state index in [-0.39, 0.29) is 0 Å². The smallest absolute Gasteiger partial charge is 0.410 e. The molecule has 0 aromatic rings. The molecule has 1 fully saturated rings. The average Bonchev–Trinajstić information content (AvgIpc) is 2.65. The lowest BCUT2D eigenvalue weighted by Gasteiger charge is -2.20. The molecule has 1 N–H and O–H groups in total. The Morgan fingerprint density at radius 1 is 1.50 bits per heavy atom. The Kier molecular flexibility index (Phi) is 4.58. The normalized spacial score (nSPS) is 20.2. The summed E-state index contributed by atoms with van der Waals surface area (Å²) < 4.78 is 5.04. The molecule has 5 nitrogen and oxygen atoms in total. The molecule has 1 amide bonds. The Bertz CT molecular complexity index is 265. The van der Waals surface area contributed by atoms with Gasteiger partial charge in [-0.15, -0.1) is 0 Å². The van der Waals surface area contributed by atoms with Crippen LogP contribution in [0.3, 0.4) is 0 Å². The maximum atomic E-state index is 11.6. The maximum Gasteiger partial charge on any atom is 0.410 e. The fourth-order valence-corrected chi connectivity index (χ4v) is 1.71. The maximum absolute atomic E-state index is 11.6. The first-order chi connectivity index (χ1) is 7.52. The summed E-state index contributed by atoms with van der Waals surface area (Å²) in [5.74, 6) is -0.472. The van der Waals surface area contributed by atoms with Gasteiger partial charge in [-0.2, -0.15) is 0 Å². The zero-order valence-corrected chi connectivity index (χ0v) is 9.81. The van der Waals surface area contributed by atoms with Gasteiger partial charge in [0.2, 0.25) is 0 Å². The number of aliphatic carboxylic acids is 1. The first kappa shape index (κ1) is 12.8. The van der Waals surface area contributed by atoms with Crippen LogP contribution in [0.25, 0.3) is 0 Å². The lowest BCUT2D eigenvalue weighted by atomic mass is 10.1. The van der Waals surface area contributed by atoms with E-state index in [1.165, 1.54) is 4.90 Å². The number of amides is 1. The highest BCUT2D eigenvalue weighted by Gasteiger charge is 2.34. The van der Waals surface area contributed by atoms with Crippen molar-refractivity contribution >= 4 is 12.1 Å². The van der Waals surface area contributed by atoms with Crippen LogP contribution < -0.4 is 0 Å². The molecular weight excluding hydrogens is 210 g/mol. The molecule has 1 rings (SSSR count). The molecule has 0 radical (unpaired) electrons. The van der Waals surface area contributed by atoms with Crippen LogP contribution in [0.15, 0.2) is 0 Å². The molecule has 1 heterocycles. The molecule has 1 aliphatic rings. The van der Waals surface area contributed by atoms with E-state index in [0.29, 0.717) is 25.5 Å². The van der Waals surface area contributed by atoms with E-state index in [4.69, 9.17) is 9.84 Å². The van der Waals surface area contributed by atoms with E-state index in [1.807, 2.05) is 13.8 Å². The van der Waals surface area contributed by atoms with E-state index in [1.54, 1.807) is 0 Å². The molecule has 5 heteroatoms. The third-order valence-corrected chi connectivity index (χ3v) is 2.69.